The van der Waals surface area contributed by atoms with Gasteiger partial charge in [-0.15, -0.1) is 12.4 Å². The maximum Gasteiger partial charge on any atom is 0.223 e. The van der Waals surface area contributed by atoms with Gasteiger partial charge in [0.05, 0.1) is 24.4 Å². The van der Waals surface area contributed by atoms with Gasteiger partial charge in [-0.25, -0.2) is 4.98 Å². The topological polar surface area (TPSA) is 84.7 Å². The zero-order valence-corrected chi connectivity index (χ0v) is 10.9. The van der Waals surface area contributed by atoms with E-state index in [0.717, 1.165) is 11.3 Å². The molecule has 0 saturated heterocycles. The van der Waals surface area contributed by atoms with Crippen LogP contribution in [-0.4, -0.2) is 15.5 Å². The van der Waals surface area contributed by atoms with Gasteiger partial charge in [0.15, 0.2) is 0 Å². The second kappa shape index (κ2) is 6.57. The molecule has 2 N–H and O–H groups in total. The lowest BCUT2D eigenvalue weighted by Gasteiger charge is -2.07. The lowest BCUT2D eigenvalue weighted by Crippen LogP contribution is -2.16. The van der Waals surface area contributed by atoms with Crippen LogP contribution in [-0.2, 0) is 17.8 Å². The molecule has 0 atom stereocenters. The van der Waals surface area contributed by atoms with Crippen molar-refractivity contribution in [1.29, 1.82) is 5.26 Å². The molecule has 0 saturated carbocycles. The molecule has 0 spiro atoms. The van der Waals surface area contributed by atoms with Gasteiger partial charge in [-0.2, -0.15) is 5.26 Å². The van der Waals surface area contributed by atoms with Crippen molar-refractivity contribution in [2.45, 2.75) is 13.0 Å². The van der Waals surface area contributed by atoms with Crippen molar-refractivity contribution in [3.05, 3.63) is 53.6 Å². The first-order valence-electron chi connectivity index (χ1n) is 5.45. The molecule has 1 aromatic heterocycles. The van der Waals surface area contributed by atoms with Crippen molar-refractivity contribution in [2.24, 2.45) is 5.73 Å². The first-order chi connectivity index (χ1) is 8.69. The number of halogens is 1. The zero-order chi connectivity index (χ0) is 13.0. The van der Waals surface area contributed by atoms with Crippen molar-refractivity contribution in [3.8, 4) is 6.07 Å². The average molecular weight is 277 g/mol. The number of nitrogens with two attached hydrogens (primary N) is 1. The van der Waals surface area contributed by atoms with E-state index < -0.39 is 0 Å². The Bertz CT molecular complexity index is 598. The van der Waals surface area contributed by atoms with Crippen LogP contribution in [0.1, 0.15) is 16.8 Å². The molecule has 98 valence electrons. The van der Waals surface area contributed by atoms with Gasteiger partial charge in [0.1, 0.15) is 0 Å². The fourth-order valence-electron chi connectivity index (χ4n) is 1.70. The molecule has 2 aromatic rings. The first kappa shape index (κ1) is 14.7. The van der Waals surface area contributed by atoms with E-state index in [0.29, 0.717) is 12.1 Å². The summed E-state index contributed by atoms with van der Waals surface area (Å²) >= 11 is 0. The first-order valence-corrected chi connectivity index (χ1v) is 5.45. The third kappa shape index (κ3) is 3.83. The number of rotatable bonds is 4. The predicted molar refractivity (Wildman–Crippen MR) is 72.6 cm³/mol. The van der Waals surface area contributed by atoms with Crippen LogP contribution in [0.3, 0.4) is 0 Å². The van der Waals surface area contributed by atoms with Crippen LogP contribution in [0.5, 0.6) is 0 Å². The number of hydrogen-bond donors (Lipinski definition) is 1. The van der Waals surface area contributed by atoms with E-state index in [1.807, 2.05) is 16.7 Å². The maximum atomic E-state index is 10.9. The fourth-order valence-corrected chi connectivity index (χ4v) is 1.70. The normalized spacial score (nSPS) is 9.42. The Morgan fingerprint density at radius 1 is 1.37 bits per heavy atom. The molecule has 1 aromatic carbocycles. The highest BCUT2D eigenvalue weighted by Gasteiger charge is 2.05. The molecule has 0 aliphatic rings. The molecular weight excluding hydrogens is 264 g/mol. The van der Waals surface area contributed by atoms with Crippen molar-refractivity contribution in [3.63, 3.8) is 0 Å². The van der Waals surface area contributed by atoms with Crippen LogP contribution < -0.4 is 5.73 Å². The van der Waals surface area contributed by atoms with Crippen LogP contribution in [0.25, 0.3) is 0 Å². The molecule has 1 amide bonds. The molecule has 6 heteroatoms. The standard InChI is InChI=1S/C13H12N4O.ClH/c14-6-10-1-3-11(4-2-10)8-17-9-16-7-12(17)5-13(15)18;/h1-4,7,9H,5,8H2,(H2,15,18);1H. The molecule has 0 aliphatic heterocycles. The van der Waals surface area contributed by atoms with Gasteiger partial charge in [0.2, 0.25) is 5.91 Å². The number of amides is 1. The van der Waals surface area contributed by atoms with Crippen LogP contribution in [0.4, 0.5) is 0 Å². The molecule has 5 nitrogen and oxygen atoms in total. The monoisotopic (exact) mass is 276 g/mol. The second-order valence-electron chi connectivity index (χ2n) is 3.96. The summed E-state index contributed by atoms with van der Waals surface area (Å²) < 4.78 is 1.87. The number of aromatic nitrogens is 2. The third-order valence-electron chi connectivity index (χ3n) is 2.59. The Kier molecular flexibility index (Phi) is 5.10. The SMILES string of the molecule is Cl.N#Cc1ccc(Cn2cncc2CC(N)=O)cc1. The summed E-state index contributed by atoms with van der Waals surface area (Å²) in [5.41, 5.74) is 7.62. The van der Waals surface area contributed by atoms with Gasteiger partial charge in [-0.3, -0.25) is 4.79 Å². The minimum atomic E-state index is -0.378. The van der Waals surface area contributed by atoms with Crippen molar-refractivity contribution in [2.75, 3.05) is 0 Å². The van der Waals surface area contributed by atoms with E-state index in [4.69, 9.17) is 11.0 Å². The van der Waals surface area contributed by atoms with Crippen LogP contribution in [0.15, 0.2) is 36.8 Å². The molecule has 0 radical (unpaired) electrons. The van der Waals surface area contributed by atoms with Crippen molar-refractivity contribution >= 4 is 18.3 Å². The summed E-state index contributed by atoms with van der Waals surface area (Å²) in [5, 5.41) is 8.71. The van der Waals surface area contributed by atoms with Gasteiger partial charge >= 0.3 is 0 Å². The minimum Gasteiger partial charge on any atom is -0.369 e. The van der Waals surface area contributed by atoms with Crippen molar-refractivity contribution in [1.82, 2.24) is 9.55 Å². The quantitative estimate of drug-likeness (QED) is 0.912. The Labute approximate surface area is 117 Å². The number of nitriles is 1. The van der Waals surface area contributed by atoms with E-state index in [9.17, 15) is 4.79 Å². The zero-order valence-electron chi connectivity index (χ0n) is 10.1. The summed E-state index contributed by atoms with van der Waals surface area (Å²) in [6.07, 6.45) is 3.47. The van der Waals surface area contributed by atoms with E-state index in [2.05, 4.69) is 11.1 Å². The maximum absolute atomic E-state index is 10.9. The highest BCUT2D eigenvalue weighted by atomic mass is 35.5. The molecule has 0 aliphatic carbocycles. The summed E-state index contributed by atoms with van der Waals surface area (Å²) in [6, 6.07) is 9.36. The summed E-state index contributed by atoms with van der Waals surface area (Å²) in [4.78, 5) is 14.9. The number of primary amides is 1. The number of imidazole rings is 1. The summed E-state index contributed by atoms with van der Waals surface area (Å²) in [5.74, 6) is -0.378. The molecule has 19 heavy (non-hydrogen) atoms. The van der Waals surface area contributed by atoms with Crippen LogP contribution in [0, 0.1) is 11.3 Å². The fraction of sp³-hybridized carbons (Fsp3) is 0.154. The molecule has 1 heterocycles. The van der Waals surface area contributed by atoms with E-state index >= 15 is 0 Å². The lowest BCUT2D eigenvalue weighted by molar-refractivity contribution is -0.117. The van der Waals surface area contributed by atoms with Gasteiger partial charge in [0.25, 0.3) is 0 Å². The van der Waals surface area contributed by atoms with Gasteiger partial charge in [-0.1, -0.05) is 12.1 Å². The van der Waals surface area contributed by atoms with E-state index in [1.165, 1.54) is 0 Å². The molecule has 0 bridgehead atoms. The molecule has 0 fully saturated rings. The average Bonchev–Trinajstić information content (AvgIpc) is 2.77. The minimum absolute atomic E-state index is 0. The third-order valence-corrected chi connectivity index (χ3v) is 2.59. The number of carbonyl (C=O) groups excluding carboxylic acids is 1. The molecular formula is C13H13ClN4O. The molecule has 2 rings (SSSR count). The number of carbonyl (C=O) groups is 1. The van der Waals surface area contributed by atoms with Crippen molar-refractivity contribution < 1.29 is 4.79 Å². The largest absolute Gasteiger partial charge is 0.369 e. The Hall–Kier alpha value is -2.32. The number of hydrogen-bond acceptors (Lipinski definition) is 3. The smallest absolute Gasteiger partial charge is 0.223 e. The summed E-state index contributed by atoms with van der Waals surface area (Å²) in [7, 11) is 0. The van der Waals surface area contributed by atoms with Gasteiger partial charge in [0, 0.05) is 18.4 Å². The number of benzene rings is 1. The summed E-state index contributed by atoms with van der Waals surface area (Å²) in [6.45, 7) is 0.605. The Morgan fingerprint density at radius 2 is 2.05 bits per heavy atom. The highest BCUT2D eigenvalue weighted by molar-refractivity contribution is 5.85. The van der Waals surface area contributed by atoms with Crippen LogP contribution >= 0.6 is 12.4 Å². The Morgan fingerprint density at radius 3 is 2.63 bits per heavy atom. The van der Waals surface area contributed by atoms with Gasteiger partial charge in [-0.05, 0) is 17.7 Å². The predicted octanol–water partition coefficient (Wildman–Crippen LogP) is 1.25. The second-order valence-corrected chi connectivity index (χ2v) is 3.96. The molecule has 0 unspecified atom stereocenters. The highest BCUT2D eigenvalue weighted by Crippen LogP contribution is 2.08. The lowest BCUT2D eigenvalue weighted by atomic mass is 10.1. The Balaban J connectivity index is 0.00000180. The van der Waals surface area contributed by atoms with E-state index in [-0.39, 0.29) is 24.7 Å². The number of nitrogens with zero attached hydrogens (tertiary/aromatic N) is 3. The van der Waals surface area contributed by atoms with Gasteiger partial charge < -0.3 is 10.3 Å². The van der Waals surface area contributed by atoms with E-state index in [1.54, 1.807) is 24.7 Å². The van der Waals surface area contributed by atoms with Crippen LogP contribution in [0.2, 0.25) is 0 Å².